The number of aromatic nitrogens is 2. The fourth-order valence-corrected chi connectivity index (χ4v) is 1.88. The molecule has 0 radical (unpaired) electrons. The summed E-state index contributed by atoms with van der Waals surface area (Å²) in [6.45, 7) is -0.0832. The number of ether oxygens (including phenoxy) is 1. The Morgan fingerprint density at radius 1 is 1.35 bits per heavy atom. The minimum absolute atomic E-state index is 0.0832. The van der Waals surface area contributed by atoms with Gasteiger partial charge in [-0.2, -0.15) is 13.1 Å². The van der Waals surface area contributed by atoms with Crippen LogP contribution in [0.5, 0.6) is 5.75 Å². The Labute approximate surface area is 116 Å². The molecule has 0 aliphatic rings. The number of methoxy groups -OCH3 is 1. The zero-order chi connectivity index (χ0) is 14.6. The predicted octanol–water partition coefficient (Wildman–Crippen LogP) is 0.299. The third-order valence-corrected chi connectivity index (χ3v) is 3.53. The molecule has 8 nitrogen and oxygen atoms in total. The number of hydrogen-bond acceptors (Lipinski definition) is 6. The first kappa shape index (κ1) is 14.4. The van der Waals surface area contributed by atoms with E-state index in [4.69, 9.17) is 9.15 Å². The summed E-state index contributed by atoms with van der Waals surface area (Å²) in [4.78, 5) is 0. The first-order valence-corrected chi connectivity index (χ1v) is 7.17. The minimum Gasteiger partial charge on any atom is -0.497 e. The van der Waals surface area contributed by atoms with E-state index in [-0.39, 0.29) is 12.4 Å². The summed E-state index contributed by atoms with van der Waals surface area (Å²) < 4.78 is 37.3. The molecule has 0 unspecified atom stereocenters. The third kappa shape index (κ3) is 3.53. The van der Waals surface area contributed by atoms with E-state index in [1.165, 1.54) is 7.05 Å². The van der Waals surface area contributed by atoms with Crippen LogP contribution in [-0.4, -0.2) is 32.8 Å². The lowest BCUT2D eigenvalue weighted by Crippen LogP contribution is -2.33. The van der Waals surface area contributed by atoms with Gasteiger partial charge in [-0.25, -0.2) is 4.72 Å². The lowest BCUT2D eigenvalue weighted by molar-refractivity contribution is 0.414. The number of nitrogens with zero attached hydrogens (tertiary/aromatic N) is 2. The fourth-order valence-electron chi connectivity index (χ4n) is 1.43. The van der Waals surface area contributed by atoms with Crippen molar-refractivity contribution in [1.29, 1.82) is 0 Å². The van der Waals surface area contributed by atoms with Crippen LogP contribution in [0.3, 0.4) is 0 Å². The van der Waals surface area contributed by atoms with Crippen molar-refractivity contribution >= 4 is 10.2 Å². The highest BCUT2D eigenvalue weighted by atomic mass is 32.2. The van der Waals surface area contributed by atoms with Crippen LogP contribution in [-0.2, 0) is 16.8 Å². The van der Waals surface area contributed by atoms with E-state index in [2.05, 4.69) is 19.6 Å². The molecule has 1 heterocycles. The Hall–Kier alpha value is -1.97. The van der Waals surface area contributed by atoms with Gasteiger partial charge in [0.2, 0.25) is 11.8 Å². The molecule has 0 fully saturated rings. The van der Waals surface area contributed by atoms with Gasteiger partial charge in [0.1, 0.15) is 5.75 Å². The largest absolute Gasteiger partial charge is 0.497 e. The Morgan fingerprint density at radius 2 is 2.15 bits per heavy atom. The van der Waals surface area contributed by atoms with Crippen molar-refractivity contribution in [2.45, 2.75) is 6.54 Å². The highest BCUT2D eigenvalue weighted by Crippen LogP contribution is 2.22. The number of hydrogen-bond donors (Lipinski definition) is 2. The summed E-state index contributed by atoms with van der Waals surface area (Å²) in [5.74, 6) is 1.13. The first-order valence-electron chi connectivity index (χ1n) is 5.69. The van der Waals surface area contributed by atoms with Crippen molar-refractivity contribution < 1.29 is 17.6 Å². The van der Waals surface area contributed by atoms with Gasteiger partial charge in [0.05, 0.1) is 13.7 Å². The van der Waals surface area contributed by atoms with Crippen molar-refractivity contribution in [3.05, 3.63) is 30.2 Å². The maximum Gasteiger partial charge on any atom is 0.277 e. The molecule has 2 aromatic rings. The van der Waals surface area contributed by atoms with Crippen LogP contribution >= 0.6 is 0 Å². The Balaban J connectivity index is 2.12. The molecule has 0 atom stereocenters. The van der Waals surface area contributed by atoms with Crippen molar-refractivity contribution in [3.63, 3.8) is 0 Å². The maximum absolute atomic E-state index is 11.2. The molecule has 0 saturated carbocycles. The lowest BCUT2D eigenvalue weighted by Gasteiger charge is -2.01. The van der Waals surface area contributed by atoms with E-state index < -0.39 is 10.2 Å². The zero-order valence-corrected chi connectivity index (χ0v) is 11.8. The molecule has 0 aliphatic heterocycles. The Morgan fingerprint density at radius 3 is 2.85 bits per heavy atom. The van der Waals surface area contributed by atoms with Crippen LogP contribution < -0.4 is 14.2 Å². The van der Waals surface area contributed by atoms with E-state index in [1.807, 2.05) is 0 Å². The normalized spacial score (nSPS) is 11.5. The van der Waals surface area contributed by atoms with E-state index in [9.17, 15) is 8.42 Å². The standard InChI is InChI=1S/C11H14N4O4S/c1-12-20(16,17)13-7-10-14-15-11(19-10)8-4-3-5-9(6-8)18-2/h3-6,12-13H,7H2,1-2H3. The molecular weight excluding hydrogens is 284 g/mol. The number of rotatable bonds is 6. The van der Waals surface area contributed by atoms with Gasteiger partial charge in [-0.3, -0.25) is 0 Å². The molecule has 2 N–H and O–H groups in total. The molecule has 0 amide bonds. The second-order valence-corrected chi connectivity index (χ2v) is 5.47. The van der Waals surface area contributed by atoms with Crippen LogP contribution in [0.2, 0.25) is 0 Å². The van der Waals surface area contributed by atoms with Crippen molar-refractivity contribution in [2.75, 3.05) is 14.2 Å². The molecule has 0 saturated heterocycles. The topological polar surface area (TPSA) is 106 Å². The molecule has 108 valence electrons. The smallest absolute Gasteiger partial charge is 0.277 e. The molecular formula is C11H14N4O4S. The van der Waals surface area contributed by atoms with Gasteiger partial charge in [0.25, 0.3) is 10.2 Å². The van der Waals surface area contributed by atoms with Crippen LogP contribution in [0.15, 0.2) is 28.7 Å². The van der Waals surface area contributed by atoms with Gasteiger partial charge in [0, 0.05) is 12.6 Å². The van der Waals surface area contributed by atoms with Gasteiger partial charge in [-0.15, -0.1) is 10.2 Å². The zero-order valence-electron chi connectivity index (χ0n) is 11.0. The monoisotopic (exact) mass is 298 g/mol. The Kier molecular flexibility index (Phi) is 4.32. The Bertz CT molecular complexity index is 683. The second kappa shape index (κ2) is 5.99. The average Bonchev–Trinajstić information content (AvgIpc) is 2.94. The number of nitrogens with one attached hydrogen (secondary N) is 2. The van der Waals surface area contributed by atoms with Gasteiger partial charge < -0.3 is 9.15 Å². The highest BCUT2D eigenvalue weighted by Gasteiger charge is 2.12. The second-order valence-electron chi connectivity index (χ2n) is 3.76. The third-order valence-electron chi connectivity index (χ3n) is 2.47. The van der Waals surface area contributed by atoms with Crippen molar-refractivity contribution in [2.24, 2.45) is 0 Å². The summed E-state index contributed by atoms with van der Waals surface area (Å²) in [6.07, 6.45) is 0. The molecule has 1 aromatic carbocycles. The molecule has 20 heavy (non-hydrogen) atoms. The summed E-state index contributed by atoms with van der Waals surface area (Å²) in [5.41, 5.74) is 0.694. The van der Waals surface area contributed by atoms with E-state index in [0.29, 0.717) is 17.2 Å². The molecule has 0 spiro atoms. The molecule has 1 aromatic heterocycles. The molecule has 0 aliphatic carbocycles. The minimum atomic E-state index is -3.53. The highest BCUT2D eigenvalue weighted by molar-refractivity contribution is 7.87. The molecule has 2 rings (SSSR count). The van der Waals surface area contributed by atoms with Gasteiger partial charge >= 0.3 is 0 Å². The summed E-state index contributed by atoms with van der Waals surface area (Å²) in [7, 11) is -0.668. The first-order chi connectivity index (χ1) is 9.54. The number of benzene rings is 1. The van der Waals surface area contributed by atoms with Crippen molar-refractivity contribution in [3.8, 4) is 17.2 Å². The van der Waals surface area contributed by atoms with Crippen LogP contribution in [0.25, 0.3) is 11.5 Å². The van der Waals surface area contributed by atoms with Gasteiger partial charge in [-0.1, -0.05) is 6.07 Å². The van der Waals surface area contributed by atoms with E-state index in [0.717, 1.165) is 0 Å². The van der Waals surface area contributed by atoms with E-state index >= 15 is 0 Å². The summed E-state index contributed by atoms with van der Waals surface area (Å²) in [5, 5.41) is 7.63. The average molecular weight is 298 g/mol. The lowest BCUT2D eigenvalue weighted by atomic mass is 10.2. The molecule has 9 heteroatoms. The fraction of sp³-hybridized carbons (Fsp3) is 0.273. The SMILES string of the molecule is CNS(=O)(=O)NCc1nnc(-c2cccc(OC)c2)o1. The quantitative estimate of drug-likeness (QED) is 0.794. The van der Waals surface area contributed by atoms with E-state index in [1.54, 1.807) is 31.4 Å². The summed E-state index contributed by atoms with van der Waals surface area (Å²) >= 11 is 0. The van der Waals surface area contributed by atoms with Gasteiger partial charge in [-0.05, 0) is 18.2 Å². The van der Waals surface area contributed by atoms with Crippen LogP contribution in [0, 0.1) is 0 Å². The summed E-state index contributed by atoms with van der Waals surface area (Å²) in [6, 6.07) is 7.12. The predicted molar refractivity (Wildman–Crippen MR) is 71.1 cm³/mol. The van der Waals surface area contributed by atoms with Crippen molar-refractivity contribution in [1.82, 2.24) is 19.6 Å². The molecule has 0 bridgehead atoms. The van der Waals surface area contributed by atoms with Crippen LogP contribution in [0.4, 0.5) is 0 Å². The maximum atomic E-state index is 11.2. The van der Waals surface area contributed by atoms with Crippen LogP contribution in [0.1, 0.15) is 5.89 Å². The van der Waals surface area contributed by atoms with Gasteiger partial charge in [0.15, 0.2) is 0 Å².